The first-order valence-corrected chi connectivity index (χ1v) is 6.98. The summed E-state index contributed by atoms with van der Waals surface area (Å²) in [6.45, 7) is 3.90. The first kappa shape index (κ1) is 16.0. The van der Waals surface area contributed by atoms with Crippen molar-refractivity contribution in [2.45, 2.75) is 26.7 Å². The van der Waals surface area contributed by atoms with Gasteiger partial charge in [-0.2, -0.15) is 0 Å². The summed E-state index contributed by atoms with van der Waals surface area (Å²) in [6.07, 6.45) is -0.0508. The van der Waals surface area contributed by atoms with Gasteiger partial charge in [0.15, 0.2) is 0 Å². The number of fused-ring (bicyclic) bond motifs is 1. The second kappa shape index (κ2) is 6.62. The van der Waals surface area contributed by atoms with Crippen LogP contribution in [0.15, 0.2) is 18.2 Å². The number of hydrogen-bond donors (Lipinski definition) is 1. The Hall–Kier alpha value is -2.34. The van der Waals surface area contributed by atoms with Crippen molar-refractivity contribution >= 4 is 34.4 Å². The van der Waals surface area contributed by atoms with E-state index in [1.807, 2.05) is 19.9 Å². The van der Waals surface area contributed by atoms with Crippen LogP contribution in [0.3, 0.4) is 0 Å². The van der Waals surface area contributed by atoms with Crippen LogP contribution in [0, 0.1) is 6.92 Å². The van der Waals surface area contributed by atoms with Crippen LogP contribution in [0.25, 0.3) is 10.9 Å². The van der Waals surface area contributed by atoms with Crippen LogP contribution >= 0.6 is 11.6 Å². The fraction of sp³-hybridized carbons (Fsp3) is 0.267. The van der Waals surface area contributed by atoms with Crippen LogP contribution in [0.4, 0.5) is 0 Å². The minimum Gasteiger partial charge on any atom is -0.481 e. The molecule has 0 radical (unpaired) electrons. The number of pyridine rings is 1. The van der Waals surface area contributed by atoms with Gasteiger partial charge in [0.1, 0.15) is 11.9 Å². The molecule has 6 nitrogen and oxygen atoms in total. The zero-order valence-electron chi connectivity index (χ0n) is 12.1. The molecule has 0 aliphatic rings. The Labute approximate surface area is 131 Å². The molecule has 2 rings (SSSR count). The van der Waals surface area contributed by atoms with Crippen molar-refractivity contribution in [1.29, 1.82) is 0 Å². The smallest absolute Gasteiger partial charge is 0.366 e. The van der Waals surface area contributed by atoms with Crippen LogP contribution in [-0.4, -0.2) is 22.0 Å². The lowest BCUT2D eigenvalue weighted by molar-refractivity contribution is -0.213. The summed E-state index contributed by atoms with van der Waals surface area (Å²) >= 11 is 6.15. The Bertz CT molecular complexity index is 744. The molecule has 116 valence electrons. The quantitative estimate of drug-likeness (QED) is 0.517. The van der Waals surface area contributed by atoms with E-state index in [4.69, 9.17) is 21.6 Å². The van der Waals surface area contributed by atoms with E-state index in [1.165, 1.54) is 6.07 Å². The van der Waals surface area contributed by atoms with Crippen molar-refractivity contribution in [2.75, 3.05) is 0 Å². The maximum atomic E-state index is 11.2. The lowest BCUT2D eigenvalue weighted by Crippen LogP contribution is -2.13. The van der Waals surface area contributed by atoms with Crippen LogP contribution < -0.4 is 4.89 Å². The van der Waals surface area contributed by atoms with Gasteiger partial charge < -0.3 is 5.11 Å². The molecule has 0 saturated carbocycles. The van der Waals surface area contributed by atoms with E-state index in [2.05, 4.69) is 9.87 Å². The summed E-state index contributed by atoms with van der Waals surface area (Å²) in [5.74, 6) is -2.09. The van der Waals surface area contributed by atoms with Crippen molar-refractivity contribution in [3.05, 3.63) is 34.5 Å². The van der Waals surface area contributed by atoms with Gasteiger partial charge in [0.2, 0.25) is 5.75 Å². The lowest BCUT2D eigenvalue weighted by atomic mass is 10.1. The Morgan fingerprint density at radius 1 is 1.36 bits per heavy atom. The molecule has 1 N–H and O–H groups in total. The van der Waals surface area contributed by atoms with E-state index in [-0.39, 0.29) is 5.75 Å². The third kappa shape index (κ3) is 3.46. The van der Waals surface area contributed by atoms with Crippen molar-refractivity contribution in [3.63, 3.8) is 0 Å². The molecule has 0 amide bonds. The second-order valence-corrected chi connectivity index (χ2v) is 5.06. The highest BCUT2D eigenvalue weighted by Crippen LogP contribution is 2.31. The standard InChI is InChI=1S/C15H14ClNO5/c1-3-11-8(2)6-9-10(16)4-5-12(15(9)17-11)21-22-14(20)7-13(18)19/h4-6H,3,7H2,1-2H3,(H,18,19). The average molecular weight is 324 g/mol. The number of hydrogen-bond acceptors (Lipinski definition) is 5. The van der Waals surface area contributed by atoms with E-state index in [0.29, 0.717) is 15.9 Å². The Morgan fingerprint density at radius 2 is 2.09 bits per heavy atom. The monoisotopic (exact) mass is 323 g/mol. The SMILES string of the molecule is CCc1nc2c(OOC(=O)CC(=O)O)ccc(Cl)c2cc1C. The van der Waals surface area contributed by atoms with Crippen LogP contribution in [0.1, 0.15) is 24.6 Å². The fourth-order valence-electron chi connectivity index (χ4n) is 2.01. The van der Waals surface area contributed by atoms with Crippen molar-refractivity contribution in [2.24, 2.45) is 0 Å². The summed E-state index contributed by atoms with van der Waals surface area (Å²) in [7, 11) is 0. The molecule has 1 aromatic carbocycles. The lowest BCUT2D eigenvalue weighted by Gasteiger charge is -2.10. The highest BCUT2D eigenvalue weighted by Gasteiger charge is 2.15. The third-order valence-corrected chi connectivity index (χ3v) is 3.37. The van der Waals surface area contributed by atoms with Gasteiger partial charge in [-0.15, -0.1) is 0 Å². The van der Waals surface area contributed by atoms with Crippen molar-refractivity contribution in [3.8, 4) is 5.75 Å². The predicted molar refractivity (Wildman–Crippen MR) is 79.8 cm³/mol. The molecule has 0 fully saturated rings. The topological polar surface area (TPSA) is 85.7 Å². The van der Waals surface area contributed by atoms with Gasteiger partial charge in [0, 0.05) is 11.1 Å². The first-order chi connectivity index (χ1) is 10.4. The first-order valence-electron chi connectivity index (χ1n) is 6.60. The molecule has 0 aliphatic carbocycles. The van der Waals surface area contributed by atoms with Gasteiger partial charge >= 0.3 is 11.9 Å². The molecule has 7 heteroatoms. The average Bonchev–Trinajstić information content (AvgIpc) is 2.46. The van der Waals surface area contributed by atoms with Crippen molar-refractivity contribution < 1.29 is 24.5 Å². The Morgan fingerprint density at radius 3 is 2.73 bits per heavy atom. The number of carboxylic acids is 1. The molecule has 0 aliphatic heterocycles. The molecule has 2 aromatic rings. The molecule has 22 heavy (non-hydrogen) atoms. The minimum atomic E-state index is -1.29. The second-order valence-electron chi connectivity index (χ2n) is 4.66. The molecular weight excluding hydrogens is 310 g/mol. The van der Waals surface area contributed by atoms with Crippen molar-refractivity contribution in [1.82, 2.24) is 4.98 Å². The number of carbonyl (C=O) groups is 2. The highest BCUT2D eigenvalue weighted by molar-refractivity contribution is 6.35. The summed E-state index contributed by atoms with van der Waals surface area (Å²) in [5, 5.41) is 9.67. The predicted octanol–water partition coefficient (Wildman–Crippen LogP) is 3.07. The van der Waals surface area contributed by atoms with Crippen LogP contribution in [0.2, 0.25) is 5.02 Å². The minimum absolute atomic E-state index is 0.202. The summed E-state index contributed by atoms with van der Waals surface area (Å²) in [5.41, 5.74) is 2.33. The van der Waals surface area contributed by atoms with E-state index in [9.17, 15) is 9.59 Å². The number of aromatic nitrogens is 1. The maximum absolute atomic E-state index is 11.2. The van der Waals surface area contributed by atoms with Gasteiger partial charge in [-0.3, -0.25) is 9.68 Å². The molecule has 0 spiro atoms. The third-order valence-electron chi connectivity index (χ3n) is 3.04. The van der Waals surface area contributed by atoms with Gasteiger partial charge in [0.25, 0.3) is 0 Å². The largest absolute Gasteiger partial charge is 0.481 e. The maximum Gasteiger partial charge on any atom is 0.366 e. The Kier molecular flexibility index (Phi) is 4.82. The van der Waals surface area contributed by atoms with Crippen LogP contribution in [0.5, 0.6) is 5.75 Å². The summed E-state index contributed by atoms with van der Waals surface area (Å²) in [4.78, 5) is 35.6. The molecule has 1 aromatic heterocycles. The number of rotatable bonds is 5. The molecular formula is C15H14ClNO5. The number of aliphatic carboxylic acids is 1. The summed E-state index contributed by atoms with van der Waals surface area (Å²) < 4.78 is 0. The molecule has 0 saturated heterocycles. The molecule has 1 heterocycles. The fourth-order valence-corrected chi connectivity index (χ4v) is 2.22. The molecule has 0 atom stereocenters. The zero-order chi connectivity index (χ0) is 16.3. The summed E-state index contributed by atoms with van der Waals surface area (Å²) in [6, 6.07) is 4.99. The number of nitrogens with zero attached hydrogens (tertiary/aromatic N) is 1. The van der Waals surface area contributed by atoms with E-state index >= 15 is 0 Å². The Balaban J connectivity index is 2.35. The van der Waals surface area contributed by atoms with E-state index in [0.717, 1.165) is 17.7 Å². The van der Waals surface area contributed by atoms with Gasteiger partial charge in [-0.1, -0.05) is 18.5 Å². The number of halogens is 1. The van der Waals surface area contributed by atoms with Gasteiger partial charge in [-0.05, 0) is 37.1 Å². The van der Waals surface area contributed by atoms with E-state index in [1.54, 1.807) is 6.07 Å². The van der Waals surface area contributed by atoms with Gasteiger partial charge in [-0.25, -0.2) is 14.7 Å². The van der Waals surface area contributed by atoms with Gasteiger partial charge in [0.05, 0.1) is 5.02 Å². The zero-order valence-corrected chi connectivity index (χ0v) is 12.8. The number of benzene rings is 1. The number of carbonyl (C=O) groups excluding carboxylic acids is 1. The molecule has 0 bridgehead atoms. The van der Waals surface area contributed by atoms with E-state index < -0.39 is 18.4 Å². The molecule has 0 unspecified atom stereocenters. The number of carboxylic acid groups (broad SMARTS) is 1. The van der Waals surface area contributed by atoms with Crippen LogP contribution in [-0.2, 0) is 20.9 Å². The highest BCUT2D eigenvalue weighted by atomic mass is 35.5. The number of aryl methyl sites for hydroxylation is 2. The normalized spacial score (nSPS) is 10.5.